The molecular weight excluding hydrogens is 176 g/mol. The number of nitrogens with zero attached hydrogens (tertiary/aromatic N) is 1. The van der Waals surface area contributed by atoms with Crippen molar-refractivity contribution in [3.8, 4) is 0 Å². The normalized spacial score (nSPS) is 21.4. The van der Waals surface area contributed by atoms with Gasteiger partial charge < -0.3 is 15.4 Å². The molecule has 0 aromatic heterocycles. The minimum absolute atomic E-state index is 0.654. The van der Waals surface area contributed by atoms with Crippen molar-refractivity contribution in [2.24, 2.45) is 5.73 Å². The van der Waals surface area contributed by atoms with Crippen molar-refractivity contribution in [2.75, 3.05) is 26.8 Å². The summed E-state index contributed by atoms with van der Waals surface area (Å²) >= 11 is 0. The van der Waals surface area contributed by atoms with Crippen LogP contribution in [0.5, 0.6) is 0 Å². The number of hydrogen-bond acceptors (Lipinski definition) is 3. The summed E-state index contributed by atoms with van der Waals surface area (Å²) in [6, 6.07) is 1.37. The van der Waals surface area contributed by atoms with Crippen molar-refractivity contribution in [1.29, 1.82) is 0 Å². The average molecular weight is 200 g/mol. The zero-order valence-electron chi connectivity index (χ0n) is 9.54. The van der Waals surface area contributed by atoms with Crippen molar-refractivity contribution in [2.45, 2.75) is 44.7 Å². The summed E-state index contributed by atoms with van der Waals surface area (Å²) < 4.78 is 5.36. The second-order valence-corrected chi connectivity index (χ2v) is 4.29. The molecule has 1 rings (SSSR count). The SMILES string of the molecule is CC(CCCN)N(C)C1CCOCC1. The lowest BCUT2D eigenvalue weighted by atomic mass is 10.0. The molecule has 0 amide bonds. The first kappa shape index (κ1) is 12.0. The molecule has 1 aliphatic rings. The summed E-state index contributed by atoms with van der Waals surface area (Å²) in [7, 11) is 2.23. The molecule has 0 aromatic carbocycles. The maximum Gasteiger partial charge on any atom is 0.0480 e. The molecule has 1 fully saturated rings. The summed E-state index contributed by atoms with van der Waals surface area (Å²) in [6.45, 7) is 4.97. The van der Waals surface area contributed by atoms with E-state index in [4.69, 9.17) is 10.5 Å². The van der Waals surface area contributed by atoms with Gasteiger partial charge in [0.1, 0.15) is 0 Å². The Morgan fingerprint density at radius 3 is 2.64 bits per heavy atom. The van der Waals surface area contributed by atoms with Crippen LogP contribution in [0.15, 0.2) is 0 Å². The average Bonchev–Trinajstić information content (AvgIpc) is 2.26. The fraction of sp³-hybridized carbons (Fsp3) is 1.00. The van der Waals surface area contributed by atoms with Crippen LogP contribution in [0.3, 0.4) is 0 Å². The quantitative estimate of drug-likeness (QED) is 0.725. The minimum Gasteiger partial charge on any atom is -0.381 e. The molecule has 0 saturated carbocycles. The van der Waals surface area contributed by atoms with Gasteiger partial charge in [-0.15, -0.1) is 0 Å². The molecule has 0 bridgehead atoms. The predicted molar refractivity (Wildman–Crippen MR) is 59.4 cm³/mol. The van der Waals surface area contributed by atoms with E-state index in [-0.39, 0.29) is 0 Å². The van der Waals surface area contributed by atoms with E-state index in [2.05, 4.69) is 18.9 Å². The predicted octanol–water partition coefficient (Wildman–Crippen LogP) is 1.22. The van der Waals surface area contributed by atoms with Crippen LogP contribution in [0.4, 0.5) is 0 Å². The molecule has 1 aliphatic heterocycles. The molecule has 0 spiro atoms. The van der Waals surface area contributed by atoms with Crippen LogP contribution in [0.1, 0.15) is 32.6 Å². The summed E-state index contributed by atoms with van der Waals surface area (Å²) in [5.74, 6) is 0. The molecule has 2 N–H and O–H groups in total. The minimum atomic E-state index is 0.654. The van der Waals surface area contributed by atoms with E-state index in [9.17, 15) is 0 Å². The van der Waals surface area contributed by atoms with Crippen LogP contribution >= 0.6 is 0 Å². The second-order valence-electron chi connectivity index (χ2n) is 4.29. The van der Waals surface area contributed by atoms with Gasteiger partial charge in [0.05, 0.1) is 0 Å². The molecule has 0 aliphatic carbocycles. The molecule has 0 aromatic rings. The molecule has 1 atom stereocenters. The van der Waals surface area contributed by atoms with Gasteiger partial charge in [0.2, 0.25) is 0 Å². The Balaban J connectivity index is 2.26. The third-order valence-electron chi connectivity index (χ3n) is 3.29. The Hall–Kier alpha value is -0.120. The van der Waals surface area contributed by atoms with Crippen LogP contribution in [-0.2, 0) is 4.74 Å². The fourth-order valence-corrected chi connectivity index (χ4v) is 2.07. The smallest absolute Gasteiger partial charge is 0.0480 e. The van der Waals surface area contributed by atoms with Crippen LogP contribution in [0, 0.1) is 0 Å². The Morgan fingerprint density at radius 2 is 2.07 bits per heavy atom. The summed E-state index contributed by atoms with van der Waals surface area (Å²) in [6.07, 6.45) is 4.71. The highest BCUT2D eigenvalue weighted by atomic mass is 16.5. The highest BCUT2D eigenvalue weighted by Gasteiger charge is 2.21. The van der Waals surface area contributed by atoms with E-state index in [1.54, 1.807) is 0 Å². The lowest BCUT2D eigenvalue weighted by Gasteiger charge is -2.35. The molecule has 1 unspecified atom stereocenters. The Bertz CT molecular complexity index is 146. The van der Waals surface area contributed by atoms with Crippen LogP contribution < -0.4 is 5.73 Å². The maximum atomic E-state index is 5.52. The van der Waals surface area contributed by atoms with Crippen molar-refractivity contribution >= 4 is 0 Å². The lowest BCUT2D eigenvalue weighted by Crippen LogP contribution is -2.42. The second kappa shape index (κ2) is 6.38. The standard InChI is InChI=1S/C11H24N2O/c1-10(4-3-7-12)13(2)11-5-8-14-9-6-11/h10-11H,3-9,12H2,1-2H3. The van der Waals surface area contributed by atoms with Gasteiger partial charge in [-0.3, -0.25) is 0 Å². The molecule has 84 valence electrons. The van der Waals surface area contributed by atoms with Crippen molar-refractivity contribution in [3.05, 3.63) is 0 Å². The topological polar surface area (TPSA) is 38.5 Å². The van der Waals surface area contributed by atoms with Gasteiger partial charge in [-0.1, -0.05) is 0 Å². The van der Waals surface area contributed by atoms with Crippen LogP contribution in [0.25, 0.3) is 0 Å². The van der Waals surface area contributed by atoms with Crippen molar-refractivity contribution < 1.29 is 4.74 Å². The number of nitrogens with two attached hydrogens (primary N) is 1. The first-order valence-electron chi connectivity index (χ1n) is 5.75. The first-order chi connectivity index (χ1) is 6.75. The summed E-state index contributed by atoms with van der Waals surface area (Å²) in [5.41, 5.74) is 5.52. The van der Waals surface area contributed by atoms with Crippen molar-refractivity contribution in [3.63, 3.8) is 0 Å². The van der Waals surface area contributed by atoms with Gasteiger partial charge in [0.15, 0.2) is 0 Å². The van der Waals surface area contributed by atoms with Crippen molar-refractivity contribution in [1.82, 2.24) is 4.90 Å². The third kappa shape index (κ3) is 3.56. The first-order valence-corrected chi connectivity index (χ1v) is 5.75. The van der Waals surface area contributed by atoms with Crippen LogP contribution in [-0.4, -0.2) is 43.8 Å². The van der Waals surface area contributed by atoms with Gasteiger partial charge in [-0.25, -0.2) is 0 Å². The number of ether oxygens (including phenoxy) is 1. The van der Waals surface area contributed by atoms with E-state index >= 15 is 0 Å². The molecule has 3 heteroatoms. The monoisotopic (exact) mass is 200 g/mol. The van der Waals surface area contributed by atoms with E-state index in [0.717, 1.165) is 32.2 Å². The highest BCUT2D eigenvalue weighted by molar-refractivity contribution is 4.76. The third-order valence-corrected chi connectivity index (χ3v) is 3.29. The molecule has 3 nitrogen and oxygen atoms in total. The maximum absolute atomic E-state index is 5.52. The van der Waals surface area contributed by atoms with Gasteiger partial charge >= 0.3 is 0 Å². The fourth-order valence-electron chi connectivity index (χ4n) is 2.07. The molecular formula is C11H24N2O. The number of rotatable bonds is 5. The van der Waals surface area contributed by atoms with E-state index in [1.807, 2.05) is 0 Å². The highest BCUT2D eigenvalue weighted by Crippen LogP contribution is 2.17. The molecule has 1 heterocycles. The van der Waals surface area contributed by atoms with Gasteiger partial charge in [0.25, 0.3) is 0 Å². The van der Waals surface area contributed by atoms with E-state index in [1.165, 1.54) is 19.3 Å². The summed E-state index contributed by atoms with van der Waals surface area (Å²) in [4.78, 5) is 2.50. The van der Waals surface area contributed by atoms with Crippen LogP contribution in [0.2, 0.25) is 0 Å². The molecule has 14 heavy (non-hydrogen) atoms. The lowest BCUT2D eigenvalue weighted by molar-refractivity contribution is 0.0297. The largest absolute Gasteiger partial charge is 0.381 e. The van der Waals surface area contributed by atoms with Gasteiger partial charge in [0, 0.05) is 25.3 Å². The zero-order chi connectivity index (χ0) is 10.4. The Kier molecular flexibility index (Phi) is 5.45. The Morgan fingerprint density at radius 1 is 1.43 bits per heavy atom. The summed E-state index contributed by atoms with van der Waals surface area (Å²) in [5, 5.41) is 0. The van der Waals surface area contributed by atoms with E-state index < -0.39 is 0 Å². The van der Waals surface area contributed by atoms with E-state index in [0.29, 0.717) is 6.04 Å². The van der Waals surface area contributed by atoms with Gasteiger partial charge in [-0.2, -0.15) is 0 Å². The molecule has 1 saturated heterocycles. The number of hydrogen-bond donors (Lipinski definition) is 1. The Labute approximate surface area is 87.6 Å². The zero-order valence-corrected chi connectivity index (χ0v) is 9.54. The molecule has 0 radical (unpaired) electrons. The van der Waals surface area contributed by atoms with Gasteiger partial charge in [-0.05, 0) is 46.2 Å².